The van der Waals surface area contributed by atoms with Gasteiger partial charge < -0.3 is 5.32 Å². The van der Waals surface area contributed by atoms with Crippen LogP contribution in [0.25, 0.3) is 0 Å². The van der Waals surface area contributed by atoms with E-state index in [2.05, 4.69) is 20.5 Å². The van der Waals surface area contributed by atoms with Gasteiger partial charge in [0, 0.05) is 17.9 Å². The highest BCUT2D eigenvalue weighted by Gasteiger charge is 2.06. The Morgan fingerprint density at radius 2 is 2.19 bits per heavy atom. The average Bonchev–Trinajstić information content (AvgIpc) is 2.41. The zero-order valence-corrected chi connectivity index (χ0v) is 12.1. The van der Waals surface area contributed by atoms with E-state index in [9.17, 15) is 14.4 Å². The minimum absolute atomic E-state index is 0.137. The summed E-state index contributed by atoms with van der Waals surface area (Å²) in [5.41, 5.74) is 0.598. The summed E-state index contributed by atoms with van der Waals surface area (Å²) in [6, 6.07) is 7.49. The molecule has 0 atom stereocenters. The van der Waals surface area contributed by atoms with Crippen molar-refractivity contribution in [1.29, 1.82) is 0 Å². The number of hydrogen-bond donors (Lipinski definition) is 3. The van der Waals surface area contributed by atoms with Gasteiger partial charge in [0.15, 0.2) is 5.03 Å². The molecule has 0 spiro atoms. The quantitative estimate of drug-likeness (QED) is 0.711. The molecule has 2 aromatic rings. The fourth-order valence-electron chi connectivity index (χ4n) is 1.62. The standard InChI is InChI=1S/C13H14N4O3S/c1-8-3-2-4-9(7-8)14-10(18)5-6-21-12-11(19)15-13(20)17-16-12/h2-4,7H,5-6H2,1H3,(H,14,18)(H2,15,17,19,20). The number of amides is 1. The van der Waals surface area contributed by atoms with Gasteiger partial charge in [-0.05, 0) is 24.6 Å². The molecule has 21 heavy (non-hydrogen) atoms. The molecule has 1 heterocycles. The minimum Gasteiger partial charge on any atom is -0.326 e. The summed E-state index contributed by atoms with van der Waals surface area (Å²) in [5.74, 6) is 0.244. The van der Waals surface area contributed by atoms with Crippen LogP contribution >= 0.6 is 11.8 Å². The molecule has 0 saturated heterocycles. The summed E-state index contributed by atoms with van der Waals surface area (Å²) < 4.78 is 0. The Labute approximate surface area is 124 Å². The SMILES string of the molecule is Cc1cccc(NC(=O)CCSc2n[nH]c(=O)[nH]c2=O)c1. The third-order valence-electron chi connectivity index (χ3n) is 2.55. The lowest BCUT2D eigenvalue weighted by Crippen LogP contribution is -2.25. The van der Waals surface area contributed by atoms with Gasteiger partial charge in [-0.2, -0.15) is 5.10 Å². The van der Waals surface area contributed by atoms with E-state index in [1.165, 1.54) is 0 Å². The minimum atomic E-state index is -0.651. The number of carbonyl (C=O) groups is 1. The van der Waals surface area contributed by atoms with Crippen molar-refractivity contribution < 1.29 is 4.79 Å². The average molecular weight is 306 g/mol. The second kappa shape index (κ2) is 6.89. The Hall–Kier alpha value is -2.35. The van der Waals surface area contributed by atoms with Crippen LogP contribution in [0.1, 0.15) is 12.0 Å². The highest BCUT2D eigenvalue weighted by molar-refractivity contribution is 7.99. The van der Waals surface area contributed by atoms with Crippen molar-refractivity contribution in [2.45, 2.75) is 18.4 Å². The maximum Gasteiger partial charge on any atom is 0.342 e. The molecule has 8 heteroatoms. The summed E-state index contributed by atoms with van der Waals surface area (Å²) in [4.78, 5) is 36.0. The lowest BCUT2D eigenvalue weighted by atomic mass is 10.2. The number of anilines is 1. The number of rotatable bonds is 5. The topological polar surface area (TPSA) is 108 Å². The van der Waals surface area contributed by atoms with Crippen molar-refractivity contribution >= 4 is 23.4 Å². The molecule has 0 fully saturated rings. The predicted octanol–water partition coefficient (Wildman–Crippen LogP) is 0.888. The van der Waals surface area contributed by atoms with Gasteiger partial charge in [-0.1, -0.05) is 23.9 Å². The molecule has 2 rings (SSSR count). The number of nitrogens with zero attached hydrogens (tertiary/aromatic N) is 1. The first-order chi connectivity index (χ1) is 10.0. The second-order valence-electron chi connectivity index (χ2n) is 4.33. The van der Waals surface area contributed by atoms with Crippen molar-refractivity contribution in [2.75, 3.05) is 11.1 Å². The second-order valence-corrected chi connectivity index (χ2v) is 5.41. The van der Waals surface area contributed by atoms with Gasteiger partial charge in [-0.3, -0.25) is 14.6 Å². The Kier molecular flexibility index (Phi) is 4.94. The fraction of sp³-hybridized carbons (Fsp3) is 0.231. The van der Waals surface area contributed by atoms with E-state index in [0.29, 0.717) is 5.75 Å². The number of hydrogen-bond acceptors (Lipinski definition) is 5. The molecule has 3 N–H and O–H groups in total. The van der Waals surface area contributed by atoms with E-state index in [0.717, 1.165) is 23.0 Å². The first kappa shape index (κ1) is 15.0. The molecule has 1 aromatic carbocycles. The molecule has 0 bridgehead atoms. The Bertz CT molecular complexity index is 753. The van der Waals surface area contributed by atoms with Crippen molar-refractivity contribution in [3.63, 3.8) is 0 Å². The Morgan fingerprint density at radius 1 is 1.38 bits per heavy atom. The van der Waals surface area contributed by atoms with Crippen molar-refractivity contribution in [2.24, 2.45) is 0 Å². The fourth-order valence-corrected chi connectivity index (χ4v) is 2.39. The van der Waals surface area contributed by atoms with Crippen LogP contribution in [0.15, 0.2) is 38.9 Å². The van der Waals surface area contributed by atoms with Gasteiger partial charge in [0.05, 0.1) is 0 Å². The van der Waals surface area contributed by atoms with E-state index in [1.54, 1.807) is 0 Å². The van der Waals surface area contributed by atoms with Gasteiger partial charge in [0.2, 0.25) is 5.91 Å². The van der Waals surface area contributed by atoms with Crippen LogP contribution in [0.3, 0.4) is 0 Å². The third kappa shape index (κ3) is 4.60. The summed E-state index contributed by atoms with van der Waals surface area (Å²) in [6.45, 7) is 1.94. The molecule has 0 aliphatic carbocycles. The highest BCUT2D eigenvalue weighted by Crippen LogP contribution is 2.12. The number of benzene rings is 1. The summed E-state index contributed by atoms with van der Waals surface area (Å²) in [5, 5.41) is 8.68. The molecule has 110 valence electrons. The van der Waals surface area contributed by atoms with Crippen LogP contribution < -0.4 is 16.6 Å². The zero-order chi connectivity index (χ0) is 15.2. The Balaban J connectivity index is 1.84. The van der Waals surface area contributed by atoms with E-state index in [4.69, 9.17) is 0 Å². The molecule has 1 amide bonds. The molecule has 0 radical (unpaired) electrons. The van der Waals surface area contributed by atoms with Crippen LogP contribution in [-0.4, -0.2) is 26.8 Å². The summed E-state index contributed by atoms with van der Waals surface area (Å²) >= 11 is 1.11. The molecule has 0 aliphatic rings. The van der Waals surface area contributed by atoms with E-state index < -0.39 is 11.2 Å². The summed E-state index contributed by atoms with van der Waals surface area (Å²) in [7, 11) is 0. The molecular formula is C13H14N4O3S. The first-order valence-electron chi connectivity index (χ1n) is 6.23. The number of aromatic nitrogens is 3. The lowest BCUT2D eigenvalue weighted by molar-refractivity contribution is -0.115. The molecule has 0 unspecified atom stereocenters. The van der Waals surface area contributed by atoms with E-state index in [-0.39, 0.29) is 17.4 Å². The third-order valence-corrected chi connectivity index (χ3v) is 3.51. The smallest absolute Gasteiger partial charge is 0.326 e. The van der Waals surface area contributed by atoms with Gasteiger partial charge in [0.1, 0.15) is 0 Å². The largest absolute Gasteiger partial charge is 0.342 e. The molecule has 0 saturated carbocycles. The number of aromatic amines is 2. The maximum atomic E-state index is 11.8. The van der Waals surface area contributed by atoms with Crippen LogP contribution in [-0.2, 0) is 4.79 Å². The van der Waals surface area contributed by atoms with Gasteiger partial charge in [0.25, 0.3) is 5.56 Å². The molecule has 1 aromatic heterocycles. The Morgan fingerprint density at radius 3 is 2.90 bits per heavy atom. The van der Waals surface area contributed by atoms with E-state index in [1.807, 2.05) is 31.2 Å². The van der Waals surface area contributed by atoms with Crippen LogP contribution in [0.5, 0.6) is 0 Å². The number of aryl methyl sites for hydroxylation is 1. The van der Waals surface area contributed by atoms with Crippen LogP contribution in [0.2, 0.25) is 0 Å². The molecule has 0 aliphatic heterocycles. The van der Waals surface area contributed by atoms with Crippen molar-refractivity contribution in [1.82, 2.24) is 15.2 Å². The number of carbonyl (C=O) groups excluding carboxylic acids is 1. The lowest BCUT2D eigenvalue weighted by Gasteiger charge is -2.05. The molecule has 7 nitrogen and oxygen atoms in total. The van der Waals surface area contributed by atoms with Crippen molar-refractivity contribution in [3.8, 4) is 0 Å². The highest BCUT2D eigenvalue weighted by atomic mass is 32.2. The van der Waals surface area contributed by atoms with E-state index >= 15 is 0 Å². The maximum absolute atomic E-state index is 11.8. The first-order valence-corrected chi connectivity index (χ1v) is 7.21. The van der Waals surface area contributed by atoms with Gasteiger partial charge in [-0.15, -0.1) is 0 Å². The molecular weight excluding hydrogens is 292 g/mol. The number of nitrogens with one attached hydrogen (secondary N) is 3. The van der Waals surface area contributed by atoms with Crippen LogP contribution in [0, 0.1) is 6.92 Å². The predicted molar refractivity (Wildman–Crippen MR) is 80.6 cm³/mol. The normalized spacial score (nSPS) is 10.3. The zero-order valence-electron chi connectivity index (χ0n) is 11.3. The van der Waals surface area contributed by atoms with Crippen molar-refractivity contribution in [3.05, 3.63) is 50.7 Å². The van der Waals surface area contributed by atoms with Crippen LogP contribution in [0.4, 0.5) is 5.69 Å². The van der Waals surface area contributed by atoms with Gasteiger partial charge in [-0.25, -0.2) is 9.89 Å². The monoisotopic (exact) mass is 306 g/mol. The number of thioether (sulfide) groups is 1. The summed E-state index contributed by atoms with van der Waals surface area (Å²) in [6.07, 6.45) is 0.235. The number of H-pyrrole nitrogens is 2. The van der Waals surface area contributed by atoms with Gasteiger partial charge >= 0.3 is 5.69 Å².